The lowest BCUT2D eigenvalue weighted by atomic mass is 10.1. The van der Waals surface area contributed by atoms with Crippen LogP contribution in [0.5, 0.6) is 5.75 Å². The van der Waals surface area contributed by atoms with Gasteiger partial charge in [0.05, 0.1) is 8.95 Å². The second-order valence-electron chi connectivity index (χ2n) is 5.61. The van der Waals surface area contributed by atoms with Crippen molar-refractivity contribution >= 4 is 37.8 Å². The summed E-state index contributed by atoms with van der Waals surface area (Å²) in [7, 11) is 0. The van der Waals surface area contributed by atoms with Crippen LogP contribution in [0, 0.1) is 0 Å². The molecule has 0 radical (unpaired) electrons. The third-order valence-corrected chi connectivity index (χ3v) is 4.38. The SMILES string of the molecule is CC(N)Cc1cc(Br)c(OC(C)C(=O)NC2CC2)c(Br)c1. The quantitative estimate of drug-likeness (QED) is 0.744. The number of halogens is 2. The van der Waals surface area contributed by atoms with Gasteiger partial charge >= 0.3 is 0 Å². The fourth-order valence-corrected chi connectivity index (χ4v) is 3.46. The summed E-state index contributed by atoms with van der Waals surface area (Å²) in [5.41, 5.74) is 6.94. The van der Waals surface area contributed by atoms with E-state index in [4.69, 9.17) is 10.5 Å². The minimum absolute atomic E-state index is 0.0732. The molecule has 6 heteroatoms. The van der Waals surface area contributed by atoms with E-state index in [1.165, 1.54) is 0 Å². The van der Waals surface area contributed by atoms with Gasteiger partial charge in [0.2, 0.25) is 0 Å². The highest BCUT2D eigenvalue weighted by molar-refractivity contribution is 9.11. The van der Waals surface area contributed by atoms with Crippen molar-refractivity contribution in [3.8, 4) is 5.75 Å². The van der Waals surface area contributed by atoms with E-state index in [2.05, 4.69) is 37.2 Å². The third-order valence-electron chi connectivity index (χ3n) is 3.20. The third kappa shape index (κ3) is 4.97. The van der Waals surface area contributed by atoms with Crippen molar-refractivity contribution in [1.82, 2.24) is 5.32 Å². The molecule has 1 amide bonds. The van der Waals surface area contributed by atoms with Gasteiger partial charge in [0.25, 0.3) is 5.91 Å². The first-order valence-corrected chi connectivity index (χ1v) is 8.66. The maximum atomic E-state index is 11.9. The Morgan fingerprint density at radius 2 is 1.95 bits per heavy atom. The number of nitrogens with one attached hydrogen (secondary N) is 1. The largest absolute Gasteiger partial charge is 0.479 e. The molecule has 3 N–H and O–H groups in total. The van der Waals surface area contributed by atoms with Crippen molar-refractivity contribution in [2.24, 2.45) is 5.73 Å². The molecule has 0 bridgehead atoms. The molecule has 2 atom stereocenters. The molecule has 0 aromatic heterocycles. The zero-order valence-corrected chi connectivity index (χ0v) is 15.3. The topological polar surface area (TPSA) is 64.3 Å². The fraction of sp³-hybridized carbons (Fsp3) is 0.533. The summed E-state index contributed by atoms with van der Waals surface area (Å²) in [4.78, 5) is 11.9. The number of amides is 1. The number of nitrogens with two attached hydrogens (primary N) is 1. The molecule has 2 unspecified atom stereocenters. The van der Waals surface area contributed by atoms with Crippen LogP contribution in [-0.4, -0.2) is 24.1 Å². The average Bonchev–Trinajstić information content (AvgIpc) is 3.16. The van der Waals surface area contributed by atoms with Gasteiger partial charge in [-0.3, -0.25) is 4.79 Å². The van der Waals surface area contributed by atoms with Gasteiger partial charge in [0, 0.05) is 12.1 Å². The molecular weight excluding hydrogens is 400 g/mol. The highest BCUT2D eigenvalue weighted by atomic mass is 79.9. The average molecular weight is 420 g/mol. The molecule has 1 aliphatic carbocycles. The van der Waals surface area contributed by atoms with E-state index in [-0.39, 0.29) is 11.9 Å². The highest BCUT2D eigenvalue weighted by Gasteiger charge is 2.27. The minimum atomic E-state index is -0.530. The Hall–Kier alpha value is -0.590. The zero-order chi connectivity index (χ0) is 15.6. The number of carbonyl (C=O) groups excluding carboxylic acids is 1. The number of rotatable bonds is 6. The van der Waals surface area contributed by atoms with Crippen LogP contribution in [0.1, 0.15) is 32.3 Å². The number of carbonyl (C=O) groups is 1. The van der Waals surface area contributed by atoms with Gasteiger partial charge in [-0.15, -0.1) is 0 Å². The Balaban J connectivity index is 2.06. The summed E-state index contributed by atoms with van der Waals surface area (Å²) >= 11 is 7.00. The van der Waals surface area contributed by atoms with Gasteiger partial charge < -0.3 is 15.8 Å². The van der Waals surface area contributed by atoms with E-state index < -0.39 is 6.10 Å². The van der Waals surface area contributed by atoms with Crippen LogP contribution in [0.2, 0.25) is 0 Å². The van der Waals surface area contributed by atoms with Crippen LogP contribution in [-0.2, 0) is 11.2 Å². The first kappa shape index (κ1) is 16.8. The van der Waals surface area contributed by atoms with Crippen molar-refractivity contribution in [1.29, 1.82) is 0 Å². The van der Waals surface area contributed by atoms with E-state index in [0.29, 0.717) is 11.8 Å². The maximum absolute atomic E-state index is 11.9. The van der Waals surface area contributed by atoms with Gasteiger partial charge in [-0.2, -0.15) is 0 Å². The summed E-state index contributed by atoms with van der Waals surface area (Å²) in [6.45, 7) is 3.73. The Morgan fingerprint density at radius 1 is 1.38 bits per heavy atom. The summed E-state index contributed by atoms with van der Waals surface area (Å²) < 4.78 is 7.43. The van der Waals surface area contributed by atoms with E-state index in [1.54, 1.807) is 6.92 Å². The molecule has 1 aliphatic rings. The van der Waals surface area contributed by atoms with Gasteiger partial charge in [-0.25, -0.2) is 0 Å². The predicted octanol–water partition coefficient (Wildman–Crippen LogP) is 3.15. The van der Waals surface area contributed by atoms with E-state index in [0.717, 1.165) is 33.8 Å². The fourth-order valence-electron chi connectivity index (χ4n) is 1.99. The summed E-state index contributed by atoms with van der Waals surface area (Å²) in [5.74, 6) is 0.567. The predicted molar refractivity (Wildman–Crippen MR) is 90.5 cm³/mol. The molecular formula is C15H20Br2N2O2. The van der Waals surface area contributed by atoms with Crippen molar-refractivity contribution in [3.63, 3.8) is 0 Å². The van der Waals surface area contributed by atoms with Crippen molar-refractivity contribution in [2.75, 3.05) is 0 Å². The summed E-state index contributed by atoms with van der Waals surface area (Å²) in [5, 5.41) is 2.94. The molecule has 0 heterocycles. The molecule has 0 spiro atoms. The van der Waals surface area contributed by atoms with Gasteiger partial charge in [0.1, 0.15) is 5.75 Å². The van der Waals surface area contributed by atoms with Gasteiger partial charge in [0.15, 0.2) is 6.10 Å². The monoisotopic (exact) mass is 418 g/mol. The molecule has 116 valence electrons. The lowest BCUT2D eigenvalue weighted by Gasteiger charge is -2.18. The Kier molecular flexibility index (Phi) is 5.68. The molecule has 0 saturated heterocycles. The first-order chi connectivity index (χ1) is 9.86. The zero-order valence-electron chi connectivity index (χ0n) is 12.2. The number of hydrogen-bond donors (Lipinski definition) is 2. The molecule has 0 aliphatic heterocycles. The second kappa shape index (κ2) is 7.11. The molecule has 1 saturated carbocycles. The number of benzene rings is 1. The Bertz CT molecular complexity index is 507. The second-order valence-corrected chi connectivity index (χ2v) is 7.32. The van der Waals surface area contributed by atoms with Crippen LogP contribution in [0.4, 0.5) is 0 Å². The van der Waals surface area contributed by atoms with E-state index in [1.807, 2.05) is 19.1 Å². The van der Waals surface area contributed by atoms with Crippen LogP contribution in [0.3, 0.4) is 0 Å². The van der Waals surface area contributed by atoms with Crippen LogP contribution in [0.15, 0.2) is 21.1 Å². The smallest absolute Gasteiger partial charge is 0.260 e. The first-order valence-electron chi connectivity index (χ1n) is 7.07. The Labute approximate surface area is 142 Å². The number of ether oxygens (including phenoxy) is 1. The van der Waals surface area contributed by atoms with Crippen LogP contribution >= 0.6 is 31.9 Å². The summed E-state index contributed by atoms with van der Waals surface area (Å²) in [6.07, 6.45) is 2.39. The van der Waals surface area contributed by atoms with E-state index in [9.17, 15) is 4.79 Å². The highest BCUT2D eigenvalue weighted by Crippen LogP contribution is 2.36. The van der Waals surface area contributed by atoms with Crippen molar-refractivity contribution in [2.45, 2.75) is 51.3 Å². The number of hydrogen-bond acceptors (Lipinski definition) is 3. The minimum Gasteiger partial charge on any atom is -0.479 e. The lowest BCUT2D eigenvalue weighted by Crippen LogP contribution is -2.37. The maximum Gasteiger partial charge on any atom is 0.260 e. The Morgan fingerprint density at radius 3 is 2.43 bits per heavy atom. The van der Waals surface area contributed by atoms with Crippen LogP contribution < -0.4 is 15.8 Å². The van der Waals surface area contributed by atoms with Crippen LogP contribution in [0.25, 0.3) is 0 Å². The molecule has 1 fully saturated rings. The standard InChI is InChI=1S/C15H20Br2N2O2/c1-8(18)5-10-6-12(16)14(13(17)7-10)21-9(2)15(20)19-11-3-4-11/h6-9,11H,3-5,18H2,1-2H3,(H,19,20). The van der Waals surface area contributed by atoms with Gasteiger partial charge in [-0.1, -0.05) is 0 Å². The van der Waals surface area contributed by atoms with Crippen molar-refractivity contribution in [3.05, 3.63) is 26.6 Å². The van der Waals surface area contributed by atoms with Crippen molar-refractivity contribution < 1.29 is 9.53 Å². The molecule has 4 nitrogen and oxygen atoms in total. The normalized spacial score (nSPS) is 17.2. The molecule has 21 heavy (non-hydrogen) atoms. The lowest BCUT2D eigenvalue weighted by molar-refractivity contribution is -0.127. The van der Waals surface area contributed by atoms with E-state index >= 15 is 0 Å². The molecule has 1 aromatic carbocycles. The summed E-state index contributed by atoms with van der Waals surface area (Å²) in [6, 6.07) is 4.40. The van der Waals surface area contributed by atoms with Gasteiger partial charge in [-0.05, 0) is 82.7 Å². The molecule has 1 aromatic rings. The molecule has 2 rings (SSSR count).